The van der Waals surface area contributed by atoms with Gasteiger partial charge >= 0.3 is 6.61 Å². The van der Waals surface area contributed by atoms with Crippen molar-refractivity contribution in [2.24, 2.45) is 7.05 Å². The van der Waals surface area contributed by atoms with Crippen LogP contribution in [0, 0.1) is 13.8 Å². The number of carbonyl (C=O) groups is 1. The number of Topliss-reactive ketones (excluding diaryl/α,β-unsaturated/α-hetero) is 1. The molecule has 0 atom stereocenters. The first kappa shape index (κ1) is 21.1. The number of para-hydroxylation sites is 2. The summed E-state index contributed by atoms with van der Waals surface area (Å²) >= 11 is 1.41. The Morgan fingerprint density at radius 1 is 1.13 bits per heavy atom. The lowest BCUT2D eigenvalue weighted by Crippen LogP contribution is -2.06. The molecule has 0 saturated carbocycles. The van der Waals surface area contributed by atoms with Crippen LogP contribution < -0.4 is 4.74 Å². The Bertz CT molecular complexity index is 1250. The normalized spacial score (nSPS) is 11.4. The average Bonchev–Trinajstić information content (AvgIpc) is 3.22. The van der Waals surface area contributed by atoms with Crippen LogP contribution in [0.5, 0.6) is 5.75 Å². The molecule has 2 heterocycles. The number of alkyl halides is 2. The van der Waals surface area contributed by atoms with Gasteiger partial charge in [-0.1, -0.05) is 23.9 Å². The summed E-state index contributed by atoms with van der Waals surface area (Å²) < 4.78 is 33.1. The van der Waals surface area contributed by atoms with E-state index in [1.807, 2.05) is 60.4 Å². The number of rotatable bonds is 7. The van der Waals surface area contributed by atoms with Gasteiger partial charge in [-0.2, -0.15) is 8.78 Å². The van der Waals surface area contributed by atoms with Crippen molar-refractivity contribution in [2.45, 2.75) is 25.6 Å². The number of ether oxygens (including phenoxy) is 1. The van der Waals surface area contributed by atoms with Crippen molar-refractivity contribution in [3.63, 3.8) is 0 Å². The van der Waals surface area contributed by atoms with Crippen LogP contribution >= 0.6 is 11.8 Å². The number of hydrogen-bond acceptors (Lipinski definition) is 4. The molecule has 8 heteroatoms. The van der Waals surface area contributed by atoms with E-state index >= 15 is 0 Å². The molecule has 0 radical (unpaired) electrons. The summed E-state index contributed by atoms with van der Waals surface area (Å²) in [7, 11) is 1.94. The van der Waals surface area contributed by atoms with Gasteiger partial charge in [-0.05, 0) is 56.3 Å². The van der Waals surface area contributed by atoms with Crippen molar-refractivity contribution < 1.29 is 18.3 Å². The minimum absolute atomic E-state index is 0.00839. The number of imidazole rings is 1. The van der Waals surface area contributed by atoms with Gasteiger partial charge in [-0.15, -0.1) is 0 Å². The maximum atomic E-state index is 13.0. The lowest BCUT2D eigenvalue weighted by atomic mass is 10.2. The highest BCUT2D eigenvalue weighted by Crippen LogP contribution is 2.27. The van der Waals surface area contributed by atoms with Gasteiger partial charge in [0, 0.05) is 29.7 Å². The molecular formula is C23H21F2N3O2S. The third-order valence-electron chi connectivity index (χ3n) is 5.13. The maximum absolute atomic E-state index is 13.0. The molecule has 0 saturated heterocycles. The van der Waals surface area contributed by atoms with Gasteiger partial charge in [0.2, 0.25) is 0 Å². The molecule has 0 N–H and O–H groups in total. The van der Waals surface area contributed by atoms with Gasteiger partial charge in [0.15, 0.2) is 10.9 Å². The topological polar surface area (TPSA) is 49.0 Å². The Hall–Kier alpha value is -3.13. The number of benzene rings is 2. The zero-order valence-corrected chi connectivity index (χ0v) is 18.1. The Labute approximate surface area is 182 Å². The van der Waals surface area contributed by atoms with Crippen LogP contribution in [0.3, 0.4) is 0 Å². The standard InChI is InChI=1S/C23H21F2N3O2S/c1-14-12-18(15(2)28(14)16-8-10-17(11-9-16)30-22(24)25)21(29)13-31-23-26-19-6-4-5-7-20(19)27(23)3/h4-12,22H,13H2,1-3H3. The Morgan fingerprint density at radius 3 is 2.52 bits per heavy atom. The first-order valence-electron chi connectivity index (χ1n) is 9.67. The molecule has 0 unspecified atom stereocenters. The van der Waals surface area contributed by atoms with Crippen LogP contribution in [0.15, 0.2) is 59.8 Å². The number of halogens is 2. The van der Waals surface area contributed by atoms with E-state index in [2.05, 4.69) is 9.72 Å². The average molecular weight is 442 g/mol. The van der Waals surface area contributed by atoms with Crippen LogP contribution in [0.1, 0.15) is 21.7 Å². The first-order chi connectivity index (χ1) is 14.8. The minimum Gasteiger partial charge on any atom is -0.435 e. The molecule has 2 aromatic heterocycles. The molecule has 0 aliphatic heterocycles. The minimum atomic E-state index is -2.86. The number of thioether (sulfide) groups is 1. The van der Waals surface area contributed by atoms with E-state index in [1.165, 1.54) is 23.9 Å². The lowest BCUT2D eigenvalue weighted by Gasteiger charge is -2.11. The van der Waals surface area contributed by atoms with Crippen molar-refractivity contribution in [3.05, 3.63) is 71.5 Å². The smallest absolute Gasteiger partial charge is 0.387 e. The van der Waals surface area contributed by atoms with Crippen LogP contribution in [-0.2, 0) is 7.05 Å². The van der Waals surface area contributed by atoms with E-state index in [9.17, 15) is 13.6 Å². The molecule has 5 nitrogen and oxygen atoms in total. The van der Waals surface area contributed by atoms with Gasteiger partial charge in [0.1, 0.15) is 5.75 Å². The summed E-state index contributed by atoms with van der Waals surface area (Å²) in [6.07, 6.45) is 0. The molecule has 0 fully saturated rings. The molecule has 31 heavy (non-hydrogen) atoms. The molecular weight excluding hydrogens is 420 g/mol. The third kappa shape index (κ3) is 4.20. The summed E-state index contributed by atoms with van der Waals surface area (Å²) in [4.78, 5) is 17.6. The monoisotopic (exact) mass is 441 g/mol. The number of hydrogen-bond donors (Lipinski definition) is 0. The molecule has 4 rings (SSSR count). The fraction of sp³-hybridized carbons (Fsp3) is 0.217. The van der Waals surface area contributed by atoms with Gasteiger partial charge < -0.3 is 13.9 Å². The highest BCUT2D eigenvalue weighted by Gasteiger charge is 2.18. The number of ketones is 1. The van der Waals surface area contributed by atoms with Crippen LogP contribution in [-0.4, -0.2) is 32.3 Å². The van der Waals surface area contributed by atoms with Gasteiger partial charge in [-0.3, -0.25) is 4.79 Å². The quantitative estimate of drug-likeness (QED) is 0.278. The van der Waals surface area contributed by atoms with Crippen LogP contribution in [0.25, 0.3) is 16.7 Å². The largest absolute Gasteiger partial charge is 0.435 e. The van der Waals surface area contributed by atoms with Gasteiger partial charge in [-0.25, -0.2) is 4.98 Å². The van der Waals surface area contributed by atoms with Crippen molar-refractivity contribution in [3.8, 4) is 11.4 Å². The molecule has 0 bridgehead atoms. The fourth-order valence-corrected chi connectivity index (χ4v) is 4.55. The second-order valence-corrected chi connectivity index (χ2v) is 8.09. The van der Waals surface area contributed by atoms with E-state index < -0.39 is 6.61 Å². The van der Waals surface area contributed by atoms with Crippen LogP contribution in [0.2, 0.25) is 0 Å². The zero-order valence-electron chi connectivity index (χ0n) is 17.3. The molecule has 4 aromatic rings. The Balaban J connectivity index is 1.53. The highest BCUT2D eigenvalue weighted by molar-refractivity contribution is 7.99. The second-order valence-electron chi connectivity index (χ2n) is 7.15. The molecule has 0 amide bonds. The van der Waals surface area contributed by atoms with Crippen molar-refractivity contribution in [2.75, 3.05) is 5.75 Å². The van der Waals surface area contributed by atoms with E-state index in [-0.39, 0.29) is 17.3 Å². The van der Waals surface area contributed by atoms with Crippen molar-refractivity contribution in [1.82, 2.24) is 14.1 Å². The summed E-state index contributed by atoms with van der Waals surface area (Å²) in [6, 6.07) is 16.1. The van der Waals surface area contributed by atoms with Gasteiger partial charge in [0.05, 0.1) is 16.8 Å². The van der Waals surface area contributed by atoms with Gasteiger partial charge in [0.25, 0.3) is 0 Å². The van der Waals surface area contributed by atoms with Crippen molar-refractivity contribution >= 4 is 28.6 Å². The van der Waals surface area contributed by atoms with E-state index in [0.717, 1.165) is 33.3 Å². The lowest BCUT2D eigenvalue weighted by molar-refractivity contribution is -0.0498. The predicted octanol–water partition coefficient (Wildman–Crippen LogP) is 5.56. The predicted molar refractivity (Wildman–Crippen MR) is 118 cm³/mol. The zero-order chi connectivity index (χ0) is 22.1. The second kappa shape index (κ2) is 8.55. The summed E-state index contributed by atoms with van der Waals surface area (Å²) in [5.74, 6) is 0.369. The fourth-order valence-electron chi connectivity index (χ4n) is 3.68. The number of aryl methyl sites for hydroxylation is 2. The summed E-state index contributed by atoms with van der Waals surface area (Å²) in [5, 5.41) is 0.790. The maximum Gasteiger partial charge on any atom is 0.387 e. The molecule has 0 aliphatic rings. The molecule has 0 spiro atoms. The van der Waals surface area contributed by atoms with E-state index in [4.69, 9.17) is 0 Å². The summed E-state index contributed by atoms with van der Waals surface area (Å²) in [5.41, 5.74) is 5.02. The summed E-state index contributed by atoms with van der Waals surface area (Å²) in [6.45, 7) is 0.925. The highest BCUT2D eigenvalue weighted by atomic mass is 32.2. The van der Waals surface area contributed by atoms with Crippen LogP contribution in [0.4, 0.5) is 8.78 Å². The number of carbonyl (C=O) groups excluding carboxylic acids is 1. The SMILES string of the molecule is Cc1cc(C(=O)CSc2nc3ccccc3n2C)c(C)n1-c1ccc(OC(F)F)cc1. The number of nitrogens with zero attached hydrogens (tertiary/aromatic N) is 3. The van der Waals surface area contributed by atoms with E-state index in [0.29, 0.717) is 5.56 Å². The first-order valence-corrected chi connectivity index (χ1v) is 10.7. The molecule has 2 aromatic carbocycles. The molecule has 160 valence electrons. The Kier molecular flexibility index (Phi) is 5.82. The number of fused-ring (bicyclic) bond motifs is 1. The van der Waals surface area contributed by atoms with E-state index in [1.54, 1.807) is 12.1 Å². The number of aromatic nitrogens is 3. The molecule has 0 aliphatic carbocycles. The third-order valence-corrected chi connectivity index (χ3v) is 6.16. The van der Waals surface area contributed by atoms with Crippen molar-refractivity contribution in [1.29, 1.82) is 0 Å². The Morgan fingerprint density at radius 2 is 1.84 bits per heavy atom.